The molecule has 1 saturated carbocycles. The zero-order chi connectivity index (χ0) is 23.7. The van der Waals surface area contributed by atoms with E-state index in [1.807, 2.05) is 31.5 Å². The third kappa shape index (κ3) is 5.69. The number of anilines is 1. The highest BCUT2D eigenvalue weighted by Crippen LogP contribution is 2.42. The van der Waals surface area contributed by atoms with Crippen molar-refractivity contribution >= 4 is 17.8 Å². The van der Waals surface area contributed by atoms with Gasteiger partial charge in [-0.2, -0.15) is 5.10 Å². The fourth-order valence-corrected chi connectivity index (χ4v) is 4.56. The van der Waals surface area contributed by atoms with Gasteiger partial charge in [0.1, 0.15) is 11.4 Å². The highest BCUT2D eigenvalue weighted by molar-refractivity contribution is 5.91. The molecule has 0 unspecified atom stereocenters. The number of nitrogens with one attached hydrogen (secondary N) is 1. The molecule has 9 heteroatoms. The van der Waals surface area contributed by atoms with E-state index in [9.17, 15) is 9.59 Å². The van der Waals surface area contributed by atoms with Gasteiger partial charge in [-0.1, -0.05) is 5.16 Å². The van der Waals surface area contributed by atoms with Crippen molar-refractivity contribution in [1.29, 1.82) is 0 Å². The number of nitrogens with zero attached hydrogens (tertiary/aromatic N) is 3. The normalized spacial score (nSPS) is 19.6. The molecule has 0 saturated heterocycles. The van der Waals surface area contributed by atoms with Crippen LogP contribution in [0.25, 0.3) is 0 Å². The lowest BCUT2D eigenvalue weighted by molar-refractivity contribution is -0.115. The molecule has 0 bridgehead atoms. The van der Waals surface area contributed by atoms with Gasteiger partial charge in [0.2, 0.25) is 5.91 Å². The predicted octanol–water partition coefficient (Wildman–Crippen LogP) is 4.26. The molecule has 2 aromatic rings. The van der Waals surface area contributed by atoms with Crippen molar-refractivity contribution in [2.45, 2.75) is 90.7 Å². The van der Waals surface area contributed by atoms with E-state index in [4.69, 9.17) is 20.1 Å². The summed E-state index contributed by atoms with van der Waals surface area (Å²) in [5.74, 6) is 1.43. The molecule has 0 aromatic carbocycles. The van der Waals surface area contributed by atoms with Gasteiger partial charge >= 0.3 is 6.09 Å². The van der Waals surface area contributed by atoms with Crippen LogP contribution in [0.4, 0.5) is 10.6 Å². The summed E-state index contributed by atoms with van der Waals surface area (Å²) < 4.78 is 12.5. The largest absolute Gasteiger partial charge is 0.443 e. The number of hydrogen-bond donors (Lipinski definition) is 2. The minimum absolute atomic E-state index is 0.110. The fourth-order valence-electron chi connectivity index (χ4n) is 4.56. The minimum Gasteiger partial charge on any atom is -0.443 e. The Morgan fingerprint density at radius 2 is 1.84 bits per heavy atom. The van der Waals surface area contributed by atoms with Gasteiger partial charge in [-0.15, -0.1) is 0 Å². The summed E-state index contributed by atoms with van der Waals surface area (Å²) in [5.41, 5.74) is 6.28. The smallest absolute Gasteiger partial charge is 0.405 e. The Labute approximate surface area is 189 Å². The molecule has 0 spiro atoms. The molecule has 2 aromatic heterocycles. The summed E-state index contributed by atoms with van der Waals surface area (Å²) in [6.45, 7) is 12.0. The van der Waals surface area contributed by atoms with E-state index in [0.29, 0.717) is 17.5 Å². The van der Waals surface area contributed by atoms with Crippen LogP contribution in [-0.4, -0.2) is 32.5 Å². The van der Waals surface area contributed by atoms with Gasteiger partial charge in [0, 0.05) is 23.7 Å². The van der Waals surface area contributed by atoms with Crippen molar-refractivity contribution in [3.8, 4) is 0 Å². The van der Waals surface area contributed by atoms with Crippen LogP contribution >= 0.6 is 0 Å². The van der Waals surface area contributed by atoms with Gasteiger partial charge in [-0.3, -0.25) is 9.48 Å². The summed E-state index contributed by atoms with van der Waals surface area (Å²) in [4.78, 5) is 23.7. The Bertz CT molecular complexity index is 961. The second kappa shape index (κ2) is 8.96. The zero-order valence-electron chi connectivity index (χ0n) is 19.9. The van der Waals surface area contributed by atoms with Crippen LogP contribution in [0.5, 0.6) is 0 Å². The number of nitrogens with two attached hydrogens (primary N) is 1. The first kappa shape index (κ1) is 23.8. The van der Waals surface area contributed by atoms with Crippen LogP contribution in [0.1, 0.15) is 83.4 Å². The molecule has 0 radical (unpaired) electrons. The minimum atomic E-state index is -0.733. The molecule has 0 atom stereocenters. The summed E-state index contributed by atoms with van der Waals surface area (Å²) in [7, 11) is 0. The quantitative estimate of drug-likeness (QED) is 0.684. The summed E-state index contributed by atoms with van der Waals surface area (Å²) >= 11 is 0. The lowest BCUT2D eigenvalue weighted by atomic mass is 9.73. The van der Waals surface area contributed by atoms with E-state index in [0.717, 1.165) is 37.1 Å². The molecule has 1 aliphatic carbocycles. The number of primary amides is 1. The lowest BCUT2D eigenvalue weighted by Gasteiger charge is -2.38. The van der Waals surface area contributed by atoms with Crippen LogP contribution in [0, 0.1) is 12.8 Å². The van der Waals surface area contributed by atoms with Crippen LogP contribution in [0.3, 0.4) is 0 Å². The molecule has 32 heavy (non-hydrogen) atoms. The van der Waals surface area contributed by atoms with Crippen molar-refractivity contribution in [3.63, 3.8) is 0 Å². The second-order valence-electron chi connectivity index (χ2n) is 10.3. The molecular weight excluding hydrogens is 410 g/mol. The monoisotopic (exact) mass is 445 g/mol. The zero-order valence-corrected chi connectivity index (χ0v) is 19.9. The number of aromatic nitrogens is 3. The highest BCUT2D eigenvalue weighted by atomic mass is 16.6. The van der Waals surface area contributed by atoms with E-state index in [1.165, 1.54) is 0 Å². The number of amides is 2. The van der Waals surface area contributed by atoms with Crippen LogP contribution < -0.4 is 11.1 Å². The van der Waals surface area contributed by atoms with Gasteiger partial charge in [-0.25, -0.2) is 4.79 Å². The second-order valence-corrected chi connectivity index (χ2v) is 10.3. The van der Waals surface area contributed by atoms with Crippen molar-refractivity contribution < 1.29 is 18.8 Å². The van der Waals surface area contributed by atoms with Gasteiger partial charge in [-0.05, 0) is 73.1 Å². The Morgan fingerprint density at radius 1 is 1.19 bits per heavy atom. The SMILES string of the molecule is Cc1cc(CC(=O)Nc2cc(C3CCC(C(C)(C)OC(N)=O)CC3)n(C(C)(C)C)n2)on1. The molecule has 176 valence electrons. The topological polar surface area (TPSA) is 125 Å². The first-order valence-corrected chi connectivity index (χ1v) is 11.2. The number of rotatable bonds is 6. The molecule has 9 nitrogen and oxygen atoms in total. The number of carbonyl (C=O) groups is 2. The van der Waals surface area contributed by atoms with E-state index in [1.54, 1.807) is 6.07 Å². The van der Waals surface area contributed by atoms with Crippen molar-refractivity contribution in [2.24, 2.45) is 11.7 Å². The van der Waals surface area contributed by atoms with Crippen molar-refractivity contribution in [2.75, 3.05) is 5.32 Å². The van der Waals surface area contributed by atoms with Gasteiger partial charge < -0.3 is 20.3 Å². The average molecular weight is 446 g/mol. The molecule has 1 aliphatic rings. The molecule has 3 N–H and O–H groups in total. The first-order valence-electron chi connectivity index (χ1n) is 11.2. The van der Waals surface area contributed by atoms with E-state index in [-0.39, 0.29) is 23.8 Å². The maximum atomic E-state index is 12.5. The maximum absolute atomic E-state index is 12.5. The van der Waals surface area contributed by atoms with E-state index >= 15 is 0 Å². The third-order valence-corrected chi connectivity index (χ3v) is 6.14. The van der Waals surface area contributed by atoms with Gasteiger partial charge in [0.05, 0.1) is 17.7 Å². The Balaban J connectivity index is 1.72. The summed E-state index contributed by atoms with van der Waals surface area (Å²) in [6.07, 6.45) is 3.12. The van der Waals surface area contributed by atoms with Gasteiger partial charge in [0.25, 0.3) is 0 Å². The van der Waals surface area contributed by atoms with Crippen LogP contribution in [0.15, 0.2) is 16.7 Å². The number of hydrogen-bond acceptors (Lipinski definition) is 6. The third-order valence-electron chi connectivity index (χ3n) is 6.14. The van der Waals surface area contributed by atoms with Crippen molar-refractivity contribution in [1.82, 2.24) is 14.9 Å². The van der Waals surface area contributed by atoms with Gasteiger partial charge in [0.15, 0.2) is 5.82 Å². The molecule has 3 rings (SSSR count). The highest BCUT2D eigenvalue weighted by Gasteiger charge is 2.37. The Morgan fingerprint density at radius 3 is 2.38 bits per heavy atom. The maximum Gasteiger partial charge on any atom is 0.405 e. The number of carbonyl (C=O) groups excluding carboxylic acids is 2. The average Bonchev–Trinajstić information content (AvgIpc) is 3.27. The molecule has 2 amide bonds. The summed E-state index contributed by atoms with van der Waals surface area (Å²) in [6, 6.07) is 3.73. The molecule has 1 fully saturated rings. The predicted molar refractivity (Wildman–Crippen MR) is 120 cm³/mol. The summed E-state index contributed by atoms with van der Waals surface area (Å²) in [5, 5.41) is 11.4. The van der Waals surface area contributed by atoms with E-state index in [2.05, 4.69) is 31.2 Å². The molecule has 0 aliphatic heterocycles. The standard InChI is InChI=1S/C23H35N5O4/c1-14-11-17(32-27-14)12-20(29)25-19-13-18(28(26-19)22(2,3)4)15-7-9-16(10-8-15)23(5,6)31-21(24)30/h11,13,15-16H,7-10,12H2,1-6H3,(H2,24,30)(H,25,26,29). The first-order chi connectivity index (χ1) is 14.8. The Kier molecular flexibility index (Phi) is 6.67. The molecule has 2 heterocycles. The number of aryl methyl sites for hydroxylation is 1. The van der Waals surface area contributed by atoms with Crippen LogP contribution in [0.2, 0.25) is 0 Å². The van der Waals surface area contributed by atoms with E-state index < -0.39 is 11.7 Å². The Hall–Kier alpha value is -2.84. The molecular formula is C23H35N5O4. The fraction of sp³-hybridized carbons (Fsp3) is 0.652. The lowest BCUT2D eigenvalue weighted by Crippen LogP contribution is -2.40. The number of ether oxygens (including phenoxy) is 1. The van der Waals surface area contributed by atoms with Crippen molar-refractivity contribution in [3.05, 3.63) is 29.3 Å². The van der Waals surface area contributed by atoms with Crippen LogP contribution in [-0.2, 0) is 21.5 Å².